The minimum absolute atomic E-state index is 0.0714. The maximum atomic E-state index is 15.6. The molecule has 9 nitrogen and oxygen atoms in total. The molecule has 2 N–H and O–H groups in total. The number of thioether (sulfide) groups is 1. The molecule has 2 atom stereocenters. The standard InChI is InChI=1S/C26H32F4N6O3S/c1-14-20(30)21(38-5)33-22(31-14)36-11-15-12-40-23(34-24(37)39-25(2,3)4)35-26(15,13-36)18-8-16(6-7-19(18)29)32-17(9-27)10-28/h6-8,15,17,32H,9-13H2,1-5H3,(H,34,35,37)/t15-,26-/m0/s1. The van der Waals surface area contributed by atoms with Gasteiger partial charge < -0.3 is 19.7 Å². The molecule has 14 heteroatoms. The first-order valence-electron chi connectivity index (χ1n) is 12.6. The number of halogens is 4. The second-order valence-electron chi connectivity index (χ2n) is 10.6. The number of rotatable bonds is 7. The van der Waals surface area contributed by atoms with Gasteiger partial charge in [0.2, 0.25) is 11.8 Å². The molecule has 3 heterocycles. The highest BCUT2D eigenvalue weighted by Crippen LogP contribution is 2.48. The minimum atomic E-state index is -1.25. The smallest absolute Gasteiger partial charge is 0.413 e. The molecule has 0 unspecified atom stereocenters. The number of aryl methyl sites for hydroxylation is 1. The SMILES string of the molecule is COc1nc(N2C[C@H]3CSC(NC(=O)OC(C)(C)C)=N[C@@]3(c3cc(NC(CF)CF)ccc3F)C2)nc(C)c1F. The van der Waals surface area contributed by atoms with Crippen LogP contribution >= 0.6 is 11.8 Å². The average molecular weight is 585 g/mol. The maximum Gasteiger partial charge on any atom is 0.413 e. The molecule has 4 rings (SSSR count). The highest BCUT2D eigenvalue weighted by molar-refractivity contribution is 8.13. The fourth-order valence-electron chi connectivity index (χ4n) is 4.68. The van der Waals surface area contributed by atoms with Crippen molar-refractivity contribution in [2.75, 3.05) is 49.5 Å². The first-order valence-corrected chi connectivity index (χ1v) is 13.6. The molecule has 218 valence electrons. The number of hydrogen-bond acceptors (Lipinski definition) is 9. The van der Waals surface area contributed by atoms with E-state index in [-0.39, 0.29) is 40.7 Å². The molecule has 1 fully saturated rings. The third kappa shape index (κ3) is 6.21. The van der Waals surface area contributed by atoms with Crippen LogP contribution in [0.3, 0.4) is 0 Å². The third-order valence-corrected chi connectivity index (χ3v) is 7.54. The Morgan fingerprint density at radius 1 is 1.25 bits per heavy atom. The summed E-state index contributed by atoms with van der Waals surface area (Å²) in [5.74, 6) is -1.19. The number of amidine groups is 1. The van der Waals surface area contributed by atoms with Gasteiger partial charge in [0.1, 0.15) is 30.3 Å². The number of alkyl halides is 2. The number of nitrogens with one attached hydrogen (secondary N) is 2. The number of aromatic nitrogens is 2. The van der Waals surface area contributed by atoms with Crippen molar-refractivity contribution in [3.8, 4) is 5.88 Å². The first-order chi connectivity index (χ1) is 18.9. The summed E-state index contributed by atoms with van der Waals surface area (Å²) >= 11 is 1.27. The van der Waals surface area contributed by atoms with Crippen LogP contribution in [0.15, 0.2) is 23.2 Å². The summed E-state index contributed by atoms with van der Waals surface area (Å²) in [7, 11) is 1.30. The predicted molar refractivity (Wildman–Crippen MR) is 146 cm³/mol. The number of alkyl carbamates (subject to hydrolysis) is 1. The normalized spacial score (nSPS) is 20.7. The molecule has 0 radical (unpaired) electrons. The number of methoxy groups -OCH3 is 1. The van der Waals surface area contributed by atoms with E-state index < -0.39 is 48.3 Å². The Labute approximate surface area is 234 Å². The predicted octanol–water partition coefficient (Wildman–Crippen LogP) is 4.75. The van der Waals surface area contributed by atoms with E-state index in [9.17, 15) is 18.0 Å². The van der Waals surface area contributed by atoms with E-state index in [0.717, 1.165) is 0 Å². The van der Waals surface area contributed by atoms with Gasteiger partial charge in [-0.2, -0.15) is 9.37 Å². The lowest BCUT2D eigenvalue weighted by molar-refractivity contribution is 0.0564. The second kappa shape index (κ2) is 11.7. The molecule has 1 saturated heterocycles. The van der Waals surface area contributed by atoms with Gasteiger partial charge in [-0.25, -0.2) is 27.9 Å². The second-order valence-corrected chi connectivity index (χ2v) is 11.6. The summed E-state index contributed by atoms with van der Waals surface area (Å²) in [5, 5.41) is 5.62. The van der Waals surface area contributed by atoms with Crippen molar-refractivity contribution in [2.45, 2.75) is 44.9 Å². The van der Waals surface area contributed by atoms with Crippen molar-refractivity contribution < 1.29 is 31.8 Å². The van der Waals surface area contributed by atoms with E-state index in [4.69, 9.17) is 14.5 Å². The van der Waals surface area contributed by atoms with Crippen molar-refractivity contribution in [2.24, 2.45) is 10.9 Å². The van der Waals surface area contributed by atoms with E-state index in [1.165, 1.54) is 44.0 Å². The minimum Gasteiger partial charge on any atom is -0.479 e. The number of carbonyl (C=O) groups excluding carboxylic acids is 1. The molecule has 1 aromatic heterocycles. The Morgan fingerprint density at radius 3 is 2.62 bits per heavy atom. The molecule has 2 aromatic rings. The number of ether oxygens (including phenoxy) is 2. The number of hydrogen-bond donors (Lipinski definition) is 2. The molecular formula is C26H32F4N6O3S. The van der Waals surface area contributed by atoms with Crippen molar-refractivity contribution in [1.29, 1.82) is 0 Å². The summed E-state index contributed by atoms with van der Waals surface area (Å²) in [5.41, 5.74) is -1.44. The van der Waals surface area contributed by atoms with Gasteiger partial charge in [0.15, 0.2) is 5.17 Å². The van der Waals surface area contributed by atoms with E-state index in [0.29, 0.717) is 18.0 Å². The highest BCUT2D eigenvalue weighted by Gasteiger charge is 2.52. The molecule has 1 amide bonds. The topological polar surface area (TPSA) is 101 Å². The van der Waals surface area contributed by atoms with Gasteiger partial charge in [-0.3, -0.25) is 5.32 Å². The largest absolute Gasteiger partial charge is 0.479 e. The monoisotopic (exact) mass is 584 g/mol. The number of anilines is 2. The zero-order chi connectivity index (χ0) is 29.2. The fourth-order valence-corrected chi connectivity index (χ4v) is 5.80. The Bertz CT molecular complexity index is 1290. The summed E-state index contributed by atoms with van der Waals surface area (Å²) < 4.78 is 66.9. The van der Waals surface area contributed by atoms with E-state index >= 15 is 4.39 Å². The van der Waals surface area contributed by atoms with Gasteiger partial charge in [0.05, 0.1) is 25.4 Å². The summed E-state index contributed by atoms with van der Waals surface area (Å²) in [4.78, 5) is 27.6. The van der Waals surface area contributed by atoms with E-state index in [1.807, 2.05) is 0 Å². The van der Waals surface area contributed by atoms with Crippen LogP contribution in [0.5, 0.6) is 5.88 Å². The molecule has 2 aliphatic heterocycles. The van der Waals surface area contributed by atoms with E-state index in [1.54, 1.807) is 25.7 Å². The Balaban J connectivity index is 1.78. The molecule has 0 aliphatic carbocycles. The molecule has 0 saturated carbocycles. The van der Waals surface area contributed by atoms with Gasteiger partial charge >= 0.3 is 6.09 Å². The number of carbonyl (C=O) groups is 1. The van der Waals surface area contributed by atoms with Crippen LogP contribution in [0.2, 0.25) is 0 Å². The fraction of sp³-hybridized carbons (Fsp3) is 0.538. The zero-order valence-electron chi connectivity index (χ0n) is 22.9. The molecule has 0 spiro atoms. The average Bonchev–Trinajstić information content (AvgIpc) is 3.28. The Morgan fingerprint density at radius 2 is 1.98 bits per heavy atom. The van der Waals surface area contributed by atoms with Crippen molar-refractivity contribution in [1.82, 2.24) is 15.3 Å². The van der Waals surface area contributed by atoms with E-state index in [2.05, 4.69) is 20.6 Å². The van der Waals surface area contributed by atoms with Crippen LogP contribution in [0.4, 0.5) is 34.0 Å². The summed E-state index contributed by atoms with van der Waals surface area (Å²) in [6.45, 7) is 5.16. The lowest BCUT2D eigenvalue weighted by Gasteiger charge is -2.36. The van der Waals surface area contributed by atoms with Crippen LogP contribution in [-0.2, 0) is 10.3 Å². The van der Waals surface area contributed by atoms with Crippen LogP contribution in [0.25, 0.3) is 0 Å². The Hall–Kier alpha value is -3.29. The molecular weight excluding hydrogens is 552 g/mol. The van der Waals surface area contributed by atoms with Gasteiger partial charge in [-0.15, -0.1) is 0 Å². The molecule has 1 aromatic carbocycles. The first kappa shape index (κ1) is 29.7. The van der Waals surface area contributed by atoms with Gasteiger partial charge in [0.25, 0.3) is 5.88 Å². The van der Waals surface area contributed by atoms with Crippen molar-refractivity contribution in [3.05, 3.63) is 41.1 Å². The van der Waals surface area contributed by atoms with Crippen molar-refractivity contribution in [3.63, 3.8) is 0 Å². The third-order valence-electron chi connectivity index (χ3n) is 6.51. The van der Waals surface area contributed by atoms with Gasteiger partial charge in [0, 0.05) is 29.5 Å². The van der Waals surface area contributed by atoms with Crippen LogP contribution < -0.4 is 20.3 Å². The lowest BCUT2D eigenvalue weighted by atomic mass is 9.81. The van der Waals surface area contributed by atoms with Gasteiger partial charge in [-0.1, -0.05) is 11.8 Å². The molecule has 2 aliphatic rings. The summed E-state index contributed by atoms with van der Waals surface area (Å²) in [6.07, 6.45) is -0.714. The zero-order valence-corrected chi connectivity index (χ0v) is 23.7. The Kier molecular flexibility index (Phi) is 8.66. The summed E-state index contributed by atoms with van der Waals surface area (Å²) in [6, 6.07) is 2.99. The van der Waals surface area contributed by atoms with Crippen LogP contribution in [0, 0.1) is 24.5 Å². The number of nitrogens with zero attached hydrogens (tertiary/aromatic N) is 4. The lowest BCUT2D eigenvalue weighted by Crippen LogP contribution is -2.44. The quantitative estimate of drug-likeness (QED) is 0.450. The maximum absolute atomic E-state index is 15.6. The number of amides is 1. The van der Waals surface area contributed by atoms with Crippen LogP contribution in [0.1, 0.15) is 32.0 Å². The number of fused-ring (bicyclic) bond motifs is 1. The van der Waals surface area contributed by atoms with Crippen molar-refractivity contribution >= 4 is 34.7 Å². The highest BCUT2D eigenvalue weighted by atomic mass is 32.2. The number of aliphatic imine (C=N–C) groups is 1. The molecule has 40 heavy (non-hydrogen) atoms. The van der Waals surface area contributed by atoms with Crippen LogP contribution in [-0.4, -0.2) is 72.2 Å². The van der Waals surface area contributed by atoms with Gasteiger partial charge in [-0.05, 0) is 45.9 Å². The molecule has 0 bridgehead atoms. The number of benzene rings is 1.